The van der Waals surface area contributed by atoms with Gasteiger partial charge in [0.2, 0.25) is 0 Å². The Hall–Kier alpha value is -2.14. The lowest BCUT2D eigenvalue weighted by Gasteiger charge is -2.20. The molecule has 2 rings (SSSR count). The molecule has 0 amide bonds. The fraction of sp³-hybridized carbons (Fsp3) is 0.235. The van der Waals surface area contributed by atoms with E-state index < -0.39 is 0 Å². The highest BCUT2D eigenvalue weighted by molar-refractivity contribution is 7.80. The van der Waals surface area contributed by atoms with Gasteiger partial charge in [0.15, 0.2) is 5.11 Å². The molecular weight excluding hydrogens is 297 g/mol. The van der Waals surface area contributed by atoms with Gasteiger partial charge in [-0.3, -0.25) is 0 Å². The lowest BCUT2D eigenvalue weighted by molar-refractivity contribution is 0.628. The summed E-state index contributed by atoms with van der Waals surface area (Å²) in [4.78, 5) is 2.16. The first-order chi connectivity index (χ1) is 10.5. The van der Waals surface area contributed by atoms with Gasteiger partial charge in [-0.25, -0.2) is 4.39 Å². The van der Waals surface area contributed by atoms with E-state index in [1.54, 1.807) is 12.1 Å². The maximum absolute atomic E-state index is 12.8. The van der Waals surface area contributed by atoms with E-state index in [4.69, 9.17) is 12.2 Å². The third-order valence-corrected chi connectivity index (χ3v) is 3.56. The first-order valence-corrected chi connectivity index (χ1v) is 7.53. The lowest BCUT2D eigenvalue weighted by Crippen LogP contribution is -2.35. The third-order valence-electron chi connectivity index (χ3n) is 3.31. The van der Waals surface area contributed by atoms with Crippen molar-refractivity contribution in [2.45, 2.75) is 6.92 Å². The molecule has 0 heterocycles. The quantitative estimate of drug-likeness (QED) is 0.825. The zero-order chi connectivity index (χ0) is 15.9. The molecule has 0 aliphatic heterocycles. The van der Waals surface area contributed by atoms with Crippen LogP contribution in [0.3, 0.4) is 0 Å². The second-order valence-corrected chi connectivity index (χ2v) is 5.55. The van der Waals surface area contributed by atoms with Gasteiger partial charge in [-0.15, -0.1) is 0 Å². The fourth-order valence-electron chi connectivity index (χ4n) is 1.97. The summed E-state index contributed by atoms with van der Waals surface area (Å²) in [6.07, 6.45) is 0. The molecular formula is C17H20FN3S. The molecule has 116 valence electrons. The Bertz CT molecular complexity index is 611. The van der Waals surface area contributed by atoms with Crippen molar-refractivity contribution in [1.29, 1.82) is 0 Å². The summed E-state index contributed by atoms with van der Waals surface area (Å²) in [6.45, 7) is 3.62. The average Bonchev–Trinajstić information content (AvgIpc) is 2.50. The van der Waals surface area contributed by atoms with E-state index in [1.807, 2.05) is 7.05 Å². The van der Waals surface area contributed by atoms with Gasteiger partial charge in [-0.1, -0.05) is 17.7 Å². The molecule has 5 heteroatoms. The number of halogens is 1. The van der Waals surface area contributed by atoms with Gasteiger partial charge in [-0.2, -0.15) is 0 Å². The number of likely N-dealkylation sites (N-methyl/N-ethyl adjacent to an activating group) is 1. The predicted octanol–water partition coefficient (Wildman–Crippen LogP) is 3.56. The lowest BCUT2D eigenvalue weighted by atomic mass is 10.2. The van der Waals surface area contributed by atoms with Gasteiger partial charge in [0.25, 0.3) is 0 Å². The first-order valence-electron chi connectivity index (χ1n) is 7.13. The Balaban J connectivity index is 1.74. The van der Waals surface area contributed by atoms with E-state index in [2.05, 4.69) is 46.7 Å². The van der Waals surface area contributed by atoms with E-state index in [-0.39, 0.29) is 5.82 Å². The average molecular weight is 317 g/mol. The van der Waals surface area contributed by atoms with Crippen molar-refractivity contribution >= 4 is 28.7 Å². The van der Waals surface area contributed by atoms with Crippen molar-refractivity contribution in [1.82, 2.24) is 5.32 Å². The van der Waals surface area contributed by atoms with Gasteiger partial charge in [-0.05, 0) is 55.5 Å². The van der Waals surface area contributed by atoms with Crippen molar-refractivity contribution in [3.63, 3.8) is 0 Å². The third kappa shape index (κ3) is 5.00. The maximum atomic E-state index is 12.8. The summed E-state index contributed by atoms with van der Waals surface area (Å²) in [5.41, 5.74) is 3.19. The van der Waals surface area contributed by atoms with Crippen LogP contribution in [0.4, 0.5) is 15.8 Å². The summed E-state index contributed by atoms with van der Waals surface area (Å²) in [6, 6.07) is 14.5. The molecule has 0 saturated carbocycles. The summed E-state index contributed by atoms with van der Waals surface area (Å²) < 4.78 is 12.8. The monoisotopic (exact) mass is 317 g/mol. The minimum atomic E-state index is -0.260. The molecule has 0 unspecified atom stereocenters. The molecule has 0 aromatic heterocycles. The zero-order valence-corrected chi connectivity index (χ0v) is 13.6. The van der Waals surface area contributed by atoms with Crippen LogP contribution >= 0.6 is 12.2 Å². The van der Waals surface area contributed by atoms with Gasteiger partial charge < -0.3 is 15.5 Å². The highest BCUT2D eigenvalue weighted by Gasteiger charge is 2.01. The normalized spacial score (nSPS) is 10.1. The van der Waals surface area contributed by atoms with Gasteiger partial charge in [0.05, 0.1) is 0 Å². The zero-order valence-electron chi connectivity index (χ0n) is 12.8. The van der Waals surface area contributed by atoms with Crippen LogP contribution in [-0.4, -0.2) is 25.2 Å². The van der Waals surface area contributed by atoms with Crippen molar-refractivity contribution in [3.05, 3.63) is 59.9 Å². The molecule has 0 aliphatic rings. The fourth-order valence-corrected chi connectivity index (χ4v) is 2.19. The Morgan fingerprint density at radius 2 is 1.73 bits per heavy atom. The highest BCUT2D eigenvalue weighted by atomic mass is 32.1. The molecule has 0 radical (unpaired) electrons. The van der Waals surface area contributed by atoms with Crippen LogP contribution in [0.25, 0.3) is 0 Å². The number of anilines is 2. The second-order valence-electron chi connectivity index (χ2n) is 5.14. The van der Waals surface area contributed by atoms with E-state index in [9.17, 15) is 4.39 Å². The van der Waals surface area contributed by atoms with E-state index in [0.717, 1.165) is 18.8 Å². The number of hydrogen-bond donors (Lipinski definition) is 2. The van der Waals surface area contributed by atoms with E-state index >= 15 is 0 Å². The molecule has 0 atom stereocenters. The number of rotatable bonds is 5. The van der Waals surface area contributed by atoms with E-state index in [0.29, 0.717) is 5.11 Å². The highest BCUT2D eigenvalue weighted by Crippen LogP contribution is 2.12. The minimum Gasteiger partial charge on any atom is -0.373 e. The topological polar surface area (TPSA) is 27.3 Å². The number of nitrogens with zero attached hydrogens (tertiary/aromatic N) is 1. The second kappa shape index (κ2) is 7.75. The van der Waals surface area contributed by atoms with Crippen molar-refractivity contribution in [2.24, 2.45) is 0 Å². The first kappa shape index (κ1) is 16.2. The van der Waals surface area contributed by atoms with Crippen molar-refractivity contribution < 1.29 is 4.39 Å². The Morgan fingerprint density at radius 3 is 2.36 bits per heavy atom. The standard InChI is InChI=1S/C17H20FN3S/c1-13-3-9-16(10-4-13)21(2)12-11-19-17(22)20-15-7-5-14(18)6-8-15/h3-10H,11-12H2,1-2H3,(H2,19,20,22). The van der Waals surface area contributed by atoms with Gasteiger partial charge >= 0.3 is 0 Å². The van der Waals surface area contributed by atoms with Crippen LogP contribution in [0, 0.1) is 12.7 Å². The van der Waals surface area contributed by atoms with Crippen LogP contribution in [0.2, 0.25) is 0 Å². The minimum absolute atomic E-state index is 0.260. The number of aryl methyl sites for hydroxylation is 1. The van der Waals surface area contributed by atoms with E-state index in [1.165, 1.54) is 23.4 Å². The van der Waals surface area contributed by atoms with Crippen molar-refractivity contribution in [2.75, 3.05) is 30.4 Å². The molecule has 22 heavy (non-hydrogen) atoms. The van der Waals surface area contributed by atoms with Crippen LogP contribution in [-0.2, 0) is 0 Å². The Kier molecular flexibility index (Phi) is 5.72. The molecule has 0 bridgehead atoms. The summed E-state index contributed by atoms with van der Waals surface area (Å²) in [7, 11) is 2.04. The predicted molar refractivity (Wildman–Crippen MR) is 95.1 cm³/mol. The molecule has 0 saturated heterocycles. The maximum Gasteiger partial charge on any atom is 0.170 e. The summed E-state index contributed by atoms with van der Waals surface area (Å²) in [5.74, 6) is -0.260. The van der Waals surface area contributed by atoms with Crippen LogP contribution < -0.4 is 15.5 Å². The van der Waals surface area contributed by atoms with Crippen LogP contribution in [0.15, 0.2) is 48.5 Å². The van der Waals surface area contributed by atoms with Crippen molar-refractivity contribution in [3.8, 4) is 0 Å². The summed E-state index contributed by atoms with van der Waals surface area (Å²) in [5, 5.41) is 6.70. The largest absolute Gasteiger partial charge is 0.373 e. The smallest absolute Gasteiger partial charge is 0.170 e. The molecule has 3 nitrogen and oxygen atoms in total. The summed E-state index contributed by atoms with van der Waals surface area (Å²) >= 11 is 5.22. The van der Waals surface area contributed by atoms with Crippen LogP contribution in [0.1, 0.15) is 5.56 Å². The molecule has 2 aromatic carbocycles. The Morgan fingerprint density at radius 1 is 1.09 bits per heavy atom. The number of nitrogens with one attached hydrogen (secondary N) is 2. The molecule has 0 aliphatic carbocycles. The number of thiocarbonyl (C=S) groups is 1. The molecule has 2 N–H and O–H groups in total. The van der Waals surface area contributed by atoms with Gasteiger partial charge in [0, 0.05) is 31.5 Å². The molecule has 2 aromatic rings. The Labute approximate surface area is 136 Å². The van der Waals surface area contributed by atoms with Gasteiger partial charge in [0.1, 0.15) is 5.82 Å². The number of benzene rings is 2. The SMILES string of the molecule is Cc1ccc(N(C)CCNC(=S)Nc2ccc(F)cc2)cc1. The number of hydrogen-bond acceptors (Lipinski definition) is 2. The molecule has 0 fully saturated rings. The molecule has 0 spiro atoms. The van der Waals surface area contributed by atoms with Crippen LogP contribution in [0.5, 0.6) is 0 Å².